The van der Waals surface area contributed by atoms with Gasteiger partial charge >= 0.3 is 0 Å². The molecule has 1 unspecified atom stereocenters. The molecule has 25 heavy (non-hydrogen) atoms. The molecular weight excluding hydrogens is 366 g/mol. The number of halogens is 3. The summed E-state index contributed by atoms with van der Waals surface area (Å²) in [5.41, 5.74) is 1.45. The third-order valence-corrected chi connectivity index (χ3v) is 3.67. The maximum Gasteiger partial charge on any atom is 0.234 e. The Kier molecular flexibility index (Phi) is 9.45. The number of carbonyl (C=O) groups excluding carboxylic acids is 1. The molecule has 2 aromatic rings. The Morgan fingerprint density at radius 3 is 2.52 bits per heavy atom. The molecule has 1 atom stereocenters. The predicted molar refractivity (Wildman–Crippen MR) is 99.8 cm³/mol. The first-order valence-corrected chi connectivity index (χ1v) is 7.98. The molecule has 0 saturated carbocycles. The highest BCUT2D eigenvalue weighted by Crippen LogP contribution is 2.25. The molecule has 0 aromatic heterocycles. The number of rotatable bonds is 8. The van der Waals surface area contributed by atoms with Crippen LogP contribution in [0.25, 0.3) is 0 Å². The lowest BCUT2D eigenvalue weighted by Gasteiger charge is -2.20. The van der Waals surface area contributed by atoms with Gasteiger partial charge in [0.1, 0.15) is 5.82 Å². The Morgan fingerprint density at radius 2 is 1.88 bits per heavy atom. The number of methoxy groups -OCH3 is 1. The van der Waals surface area contributed by atoms with Crippen molar-refractivity contribution in [1.29, 1.82) is 0 Å². The SMILES string of the molecule is COCCNCC(=O)NC(c1cccc(F)c1)c1cccc(Cl)c1.Cl. The number of ether oxygens (including phenoxy) is 1. The second-order valence-corrected chi connectivity index (χ2v) is 5.72. The number of amides is 1. The fourth-order valence-electron chi connectivity index (χ4n) is 2.32. The van der Waals surface area contributed by atoms with Crippen LogP contribution in [0.15, 0.2) is 48.5 Å². The van der Waals surface area contributed by atoms with Crippen molar-refractivity contribution in [2.45, 2.75) is 6.04 Å². The summed E-state index contributed by atoms with van der Waals surface area (Å²) in [7, 11) is 1.60. The van der Waals surface area contributed by atoms with Crippen LogP contribution in [0.2, 0.25) is 5.02 Å². The number of carbonyl (C=O) groups is 1. The third-order valence-electron chi connectivity index (χ3n) is 3.44. The summed E-state index contributed by atoms with van der Waals surface area (Å²) in [5, 5.41) is 6.45. The summed E-state index contributed by atoms with van der Waals surface area (Å²) in [5.74, 6) is -0.549. The van der Waals surface area contributed by atoms with Crippen molar-refractivity contribution < 1.29 is 13.9 Å². The minimum Gasteiger partial charge on any atom is -0.383 e. The van der Waals surface area contributed by atoms with Gasteiger partial charge in [-0.15, -0.1) is 12.4 Å². The molecule has 0 bridgehead atoms. The van der Waals surface area contributed by atoms with E-state index in [4.69, 9.17) is 16.3 Å². The molecule has 1 amide bonds. The molecule has 0 fully saturated rings. The van der Waals surface area contributed by atoms with E-state index < -0.39 is 6.04 Å². The number of hydrogen-bond acceptors (Lipinski definition) is 3. The molecule has 0 aliphatic rings. The summed E-state index contributed by atoms with van der Waals surface area (Å²) >= 11 is 6.05. The fraction of sp³-hybridized carbons (Fsp3) is 0.278. The molecule has 0 saturated heterocycles. The fourth-order valence-corrected chi connectivity index (χ4v) is 2.52. The third kappa shape index (κ3) is 7.00. The van der Waals surface area contributed by atoms with Crippen molar-refractivity contribution in [3.05, 3.63) is 70.5 Å². The largest absolute Gasteiger partial charge is 0.383 e. The number of nitrogens with one attached hydrogen (secondary N) is 2. The molecule has 136 valence electrons. The standard InChI is InChI=1S/C18H20ClFN2O2.ClH/c1-24-9-8-21-12-17(23)22-18(13-4-2-6-15(19)10-13)14-5-3-7-16(20)11-14;/h2-7,10-11,18,21H,8-9,12H2,1H3,(H,22,23);1H. The highest BCUT2D eigenvalue weighted by atomic mass is 35.5. The zero-order chi connectivity index (χ0) is 17.4. The van der Waals surface area contributed by atoms with E-state index >= 15 is 0 Å². The van der Waals surface area contributed by atoms with Crippen LogP contribution in [0.1, 0.15) is 17.2 Å². The van der Waals surface area contributed by atoms with E-state index in [1.807, 2.05) is 6.07 Å². The molecule has 0 heterocycles. The zero-order valence-electron chi connectivity index (χ0n) is 13.8. The van der Waals surface area contributed by atoms with Crippen molar-refractivity contribution in [3.8, 4) is 0 Å². The van der Waals surface area contributed by atoms with E-state index in [9.17, 15) is 9.18 Å². The lowest BCUT2D eigenvalue weighted by atomic mass is 9.98. The van der Waals surface area contributed by atoms with E-state index in [2.05, 4.69) is 10.6 Å². The lowest BCUT2D eigenvalue weighted by Crippen LogP contribution is -2.37. The van der Waals surface area contributed by atoms with E-state index in [0.717, 1.165) is 5.56 Å². The monoisotopic (exact) mass is 386 g/mol. The van der Waals surface area contributed by atoms with Crippen LogP contribution in [-0.4, -0.2) is 32.7 Å². The van der Waals surface area contributed by atoms with Gasteiger partial charge in [-0.3, -0.25) is 4.79 Å². The molecule has 2 aromatic carbocycles. The Bertz CT molecular complexity index is 640. The van der Waals surface area contributed by atoms with Crippen LogP contribution in [0.3, 0.4) is 0 Å². The van der Waals surface area contributed by atoms with Crippen LogP contribution in [0, 0.1) is 5.82 Å². The predicted octanol–water partition coefficient (Wildman–Crippen LogP) is 3.34. The van der Waals surface area contributed by atoms with Crippen molar-refractivity contribution in [1.82, 2.24) is 10.6 Å². The van der Waals surface area contributed by atoms with Gasteiger partial charge in [-0.1, -0.05) is 35.9 Å². The van der Waals surface area contributed by atoms with Crippen LogP contribution in [-0.2, 0) is 9.53 Å². The van der Waals surface area contributed by atoms with Gasteiger partial charge in [0, 0.05) is 18.7 Å². The average Bonchev–Trinajstić information content (AvgIpc) is 2.56. The summed E-state index contributed by atoms with van der Waals surface area (Å²) in [4.78, 5) is 12.2. The minimum atomic E-state index is -0.476. The second-order valence-electron chi connectivity index (χ2n) is 5.28. The van der Waals surface area contributed by atoms with Crippen molar-refractivity contribution in [2.75, 3.05) is 26.8 Å². The first-order chi connectivity index (χ1) is 11.6. The summed E-state index contributed by atoms with van der Waals surface area (Å²) in [6, 6.07) is 12.8. The van der Waals surface area contributed by atoms with E-state index in [1.165, 1.54) is 12.1 Å². The molecule has 0 radical (unpaired) electrons. The first kappa shape index (κ1) is 21.4. The average molecular weight is 387 g/mol. The minimum absolute atomic E-state index is 0. The van der Waals surface area contributed by atoms with Crippen molar-refractivity contribution >= 4 is 29.9 Å². The summed E-state index contributed by atoms with van der Waals surface area (Å²) in [6.07, 6.45) is 0. The van der Waals surface area contributed by atoms with E-state index in [1.54, 1.807) is 37.4 Å². The Balaban J connectivity index is 0.00000312. The Morgan fingerprint density at radius 1 is 1.20 bits per heavy atom. The topological polar surface area (TPSA) is 50.4 Å². The highest BCUT2D eigenvalue weighted by molar-refractivity contribution is 6.30. The first-order valence-electron chi connectivity index (χ1n) is 7.60. The molecular formula is C18H21Cl2FN2O2. The number of hydrogen-bond donors (Lipinski definition) is 2. The van der Waals surface area contributed by atoms with Gasteiger partial charge < -0.3 is 15.4 Å². The van der Waals surface area contributed by atoms with Crippen molar-refractivity contribution in [2.24, 2.45) is 0 Å². The molecule has 2 rings (SSSR count). The van der Waals surface area contributed by atoms with Gasteiger partial charge in [0.15, 0.2) is 0 Å². The molecule has 2 N–H and O–H groups in total. The van der Waals surface area contributed by atoms with Gasteiger partial charge in [0.2, 0.25) is 5.91 Å². The molecule has 0 aliphatic carbocycles. The van der Waals surface area contributed by atoms with Gasteiger partial charge in [0.05, 0.1) is 19.2 Å². The molecule has 0 aliphatic heterocycles. The van der Waals surface area contributed by atoms with Crippen LogP contribution in [0.4, 0.5) is 4.39 Å². The Labute approximate surface area is 158 Å². The molecule has 4 nitrogen and oxygen atoms in total. The smallest absolute Gasteiger partial charge is 0.234 e. The van der Waals surface area contributed by atoms with Crippen LogP contribution >= 0.6 is 24.0 Å². The van der Waals surface area contributed by atoms with Gasteiger partial charge in [-0.05, 0) is 35.4 Å². The highest BCUT2D eigenvalue weighted by Gasteiger charge is 2.17. The van der Waals surface area contributed by atoms with Gasteiger partial charge in [0.25, 0.3) is 0 Å². The van der Waals surface area contributed by atoms with Crippen molar-refractivity contribution in [3.63, 3.8) is 0 Å². The lowest BCUT2D eigenvalue weighted by molar-refractivity contribution is -0.120. The van der Waals surface area contributed by atoms with Crippen LogP contribution in [0.5, 0.6) is 0 Å². The maximum absolute atomic E-state index is 13.6. The van der Waals surface area contributed by atoms with Gasteiger partial charge in [-0.2, -0.15) is 0 Å². The normalized spacial score (nSPS) is 11.5. The maximum atomic E-state index is 13.6. The zero-order valence-corrected chi connectivity index (χ0v) is 15.4. The second kappa shape index (κ2) is 11.1. The van der Waals surface area contributed by atoms with Crippen LogP contribution < -0.4 is 10.6 Å². The van der Waals surface area contributed by atoms with E-state index in [0.29, 0.717) is 23.7 Å². The van der Waals surface area contributed by atoms with E-state index in [-0.39, 0.29) is 30.7 Å². The summed E-state index contributed by atoms with van der Waals surface area (Å²) in [6.45, 7) is 1.25. The molecule has 7 heteroatoms. The molecule has 0 spiro atoms. The quantitative estimate of drug-likeness (QED) is 0.684. The Hall–Kier alpha value is -1.66. The van der Waals surface area contributed by atoms with Gasteiger partial charge in [-0.25, -0.2) is 4.39 Å². The number of benzene rings is 2. The summed E-state index contributed by atoms with van der Waals surface area (Å²) < 4.78 is 18.5.